The van der Waals surface area contributed by atoms with Gasteiger partial charge in [-0.2, -0.15) is 5.26 Å². The fraction of sp³-hybridized carbons (Fsp3) is 0.214. The molecule has 2 rings (SSSR count). The maximum Gasteiger partial charge on any atom is 0.148 e. The van der Waals surface area contributed by atoms with Crippen molar-refractivity contribution in [1.29, 1.82) is 5.26 Å². The topological polar surface area (TPSA) is 70.8 Å². The molecule has 0 radical (unpaired) electrons. The Morgan fingerprint density at radius 2 is 2.15 bits per heavy atom. The molecule has 2 aromatic rings. The van der Waals surface area contributed by atoms with E-state index in [4.69, 9.17) is 10.00 Å². The molecule has 0 amide bonds. The predicted octanol–water partition coefficient (Wildman–Crippen LogP) is 3.24. The molecule has 0 bridgehead atoms. The number of hydrogen-bond acceptors (Lipinski definition) is 5. The van der Waals surface area contributed by atoms with Crippen LogP contribution in [0.2, 0.25) is 0 Å². The number of anilines is 1. The fourth-order valence-corrected chi connectivity index (χ4v) is 2.06. The maximum absolute atomic E-state index is 8.48. The maximum atomic E-state index is 8.48. The van der Waals surface area contributed by atoms with Crippen LogP contribution >= 0.6 is 15.9 Å². The minimum Gasteiger partial charge on any atom is -0.496 e. The van der Waals surface area contributed by atoms with E-state index in [9.17, 15) is 0 Å². The first-order valence-corrected chi connectivity index (χ1v) is 6.82. The van der Waals surface area contributed by atoms with Gasteiger partial charge in [0.2, 0.25) is 0 Å². The lowest BCUT2D eigenvalue weighted by molar-refractivity contribution is 0.416. The highest BCUT2D eigenvalue weighted by Crippen LogP contribution is 2.31. The Morgan fingerprint density at radius 3 is 2.80 bits per heavy atom. The van der Waals surface area contributed by atoms with E-state index in [0.717, 1.165) is 21.5 Å². The van der Waals surface area contributed by atoms with Crippen molar-refractivity contribution in [3.05, 3.63) is 34.8 Å². The zero-order chi connectivity index (χ0) is 14.4. The second-order valence-corrected chi connectivity index (χ2v) is 4.90. The van der Waals surface area contributed by atoms with Gasteiger partial charge in [-0.1, -0.05) is 15.9 Å². The number of halogens is 1. The van der Waals surface area contributed by atoms with Crippen molar-refractivity contribution >= 4 is 21.7 Å². The fourth-order valence-electron chi connectivity index (χ4n) is 1.70. The number of benzene rings is 1. The Bertz CT molecular complexity index is 622. The molecule has 0 saturated heterocycles. The average molecular weight is 333 g/mol. The van der Waals surface area contributed by atoms with Gasteiger partial charge in [-0.15, -0.1) is 10.2 Å². The van der Waals surface area contributed by atoms with E-state index in [2.05, 4.69) is 37.5 Å². The summed E-state index contributed by atoms with van der Waals surface area (Å²) in [6.07, 6.45) is 0.433. The van der Waals surface area contributed by atoms with Crippen LogP contribution in [0.25, 0.3) is 11.3 Å². The lowest BCUT2D eigenvalue weighted by Gasteiger charge is -2.08. The van der Waals surface area contributed by atoms with Gasteiger partial charge >= 0.3 is 0 Å². The molecular weight excluding hydrogens is 320 g/mol. The van der Waals surface area contributed by atoms with Gasteiger partial charge in [0.1, 0.15) is 11.6 Å². The number of aromatic nitrogens is 2. The number of nitrogens with one attached hydrogen (secondary N) is 1. The number of rotatable bonds is 5. The first-order chi connectivity index (χ1) is 9.74. The Morgan fingerprint density at radius 1 is 1.30 bits per heavy atom. The van der Waals surface area contributed by atoms with Gasteiger partial charge in [0.15, 0.2) is 0 Å². The highest BCUT2D eigenvalue weighted by molar-refractivity contribution is 9.10. The van der Waals surface area contributed by atoms with Crippen LogP contribution in [0.1, 0.15) is 6.42 Å². The molecule has 102 valence electrons. The highest BCUT2D eigenvalue weighted by Gasteiger charge is 2.08. The normalized spacial score (nSPS) is 9.85. The second-order valence-electron chi connectivity index (χ2n) is 3.98. The minimum absolute atomic E-state index is 0.433. The molecule has 0 aliphatic rings. The standard InChI is InChI=1S/C14H13BrN4O/c1-20-13-5-3-10(15)9-11(13)12-4-6-14(19-18-12)17-8-2-7-16/h3-6,9H,2,8H2,1H3,(H,17,19). The Hall–Kier alpha value is -2.13. The number of methoxy groups -OCH3 is 1. The zero-order valence-electron chi connectivity index (χ0n) is 10.9. The zero-order valence-corrected chi connectivity index (χ0v) is 12.5. The summed E-state index contributed by atoms with van der Waals surface area (Å²) in [5, 5.41) is 19.8. The quantitative estimate of drug-likeness (QED) is 0.851. The Balaban J connectivity index is 2.22. The molecule has 1 N–H and O–H groups in total. The number of nitriles is 1. The third-order valence-corrected chi connectivity index (χ3v) is 3.14. The van der Waals surface area contributed by atoms with E-state index < -0.39 is 0 Å². The van der Waals surface area contributed by atoms with Crippen LogP contribution < -0.4 is 10.1 Å². The molecule has 0 saturated carbocycles. The van der Waals surface area contributed by atoms with E-state index >= 15 is 0 Å². The molecule has 1 heterocycles. The van der Waals surface area contributed by atoms with Crippen LogP contribution in [0.4, 0.5) is 5.82 Å². The number of nitrogens with zero attached hydrogens (tertiary/aromatic N) is 3. The largest absolute Gasteiger partial charge is 0.496 e. The molecule has 0 unspecified atom stereocenters. The van der Waals surface area contributed by atoms with Gasteiger partial charge < -0.3 is 10.1 Å². The summed E-state index contributed by atoms with van der Waals surface area (Å²) >= 11 is 3.43. The van der Waals surface area contributed by atoms with Crippen molar-refractivity contribution < 1.29 is 4.74 Å². The molecule has 0 atom stereocenters. The van der Waals surface area contributed by atoms with Crippen molar-refractivity contribution in [3.8, 4) is 23.1 Å². The average Bonchev–Trinajstić information content (AvgIpc) is 2.48. The molecule has 0 fully saturated rings. The van der Waals surface area contributed by atoms with Gasteiger partial charge in [-0.25, -0.2) is 0 Å². The van der Waals surface area contributed by atoms with Crippen LogP contribution in [0.15, 0.2) is 34.8 Å². The van der Waals surface area contributed by atoms with Crippen molar-refractivity contribution in [1.82, 2.24) is 10.2 Å². The van der Waals surface area contributed by atoms with Gasteiger partial charge in [-0.05, 0) is 30.3 Å². The smallest absolute Gasteiger partial charge is 0.148 e. The first kappa shape index (κ1) is 14.3. The minimum atomic E-state index is 0.433. The van der Waals surface area contributed by atoms with E-state index in [-0.39, 0.29) is 0 Å². The van der Waals surface area contributed by atoms with E-state index in [1.54, 1.807) is 7.11 Å². The summed E-state index contributed by atoms with van der Waals surface area (Å²) in [4.78, 5) is 0. The summed E-state index contributed by atoms with van der Waals surface area (Å²) in [7, 11) is 1.62. The van der Waals surface area contributed by atoms with Crippen molar-refractivity contribution in [2.45, 2.75) is 6.42 Å². The summed E-state index contributed by atoms with van der Waals surface area (Å²) in [5.74, 6) is 1.39. The lowest BCUT2D eigenvalue weighted by Crippen LogP contribution is -2.03. The van der Waals surface area contributed by atoms with Gasteiger partial charge in [0, 0.05) is 16.6 Å². The van der Waals surface area contributed by atoms with E-state index in [1.165, 1.54) is 0 Å². The van der Waals surface area contributed by atoms with Crippen LogP contribution in [-0.2, 0) is 0 Å². The van der Waals surface area contributed by atoms with Crippen LogP contribution in [0, 0.1) is 11.3 Å². The summed E-state index contributed by atoms with van der Waals surface area (Å²) in [6, 6.07) is 11.5. The van der Waals surface area contributed by atoms with E-state index in [0.29, 0.717) is 18.8 Å². The molecule has 0 spiro atoms. The Labute approximate surface area is 125 Å². The van der Waals surface area contributed by atoms with Gasteiger partial charge in [0.25, 0.3) is 0 Å². The monoisotopic (exact) mass is 332 g/mol. The number of ether oxygens (including phenoxy) is 1. The van der Waals surface area contributed by atoms with Gasteiger partial charge in [0.05, 0.1) is 25.3 Å². The van der Waals surface area contributed by atoms with Crippen LogP contribution in [0.5, 0.6) is 5.75 Å². The summed E-state index contributed by atoms with van der Waals surface area (Å²) in [5.41, 5.74) is 1.60. The molecule has 6 heteroatoms. The molecule has 1 aromatic heterocycles. The van der Waals surface area contributed by atoms with E-state index in [1.807, 2.05) is 30.3 Å². The molecule has 20 heavy (non-hydrogen) atoms. The third kappa shape index (κ3) is 3.45. The molecule has 0 aliphatic heterocycles. The predicted molar refractivity (Wildman–Crippen MR) is 80.4 cm³/mol. The molecule has 1 aromatic carbocycles. The molecule has 0 aliphatic carbocycles. The first-order valence-electron chi connectivity index (χ1n) is 6.03. The second kappa shape index (κ2) is 6.87. The summed E-state index contributed by atoms with van der Waals surface area (Å²) in [6.45, 7) is 0.560. The number of hydrogen-bond donors (Lipinski definition) is 1. The van der Waals surface area contributed by atoms with Crippen molar-refractivity contribution in [3.63, 3.8) is 0 Å². The molecule has 5 nitrogen and oxygen atoms in total. The van der Waals surface area contributed by atoms with Crippen molar-refractivity contribution in [2.24, 2.45) is 0 Å². The summed E-state index contributed by atoms with van der Waals surface area (Å²) < 4.78 is 6.27. The van der Waals surface area contributed by atoms with Gasteiger partial charge in [-0.3, -0.25) is 0 Å². The van der Waals surface area contributed by atoms with Crippen LogP contribution in [-0.4, -0.2) is 23.9 Å². The van der Waals surface area contributed by atoms with Crippen molar-refractivity contribution in [2.75, 3.05) is 19.0 Å². The third-order valence-electron chi connectivity index (χ3n) is 2.64. The Kier molecular flexibility index (Phi) is 4.91. The van der Waals surface area contributed by atoms with Crippen LogP contribution in [0.3, 0.4) is 0 Å². The lowest BCUT2D eigenvalue weighted by atomic mass is 10.1. The highest BCUT2D eigenvalue weighted by atomic mass is 79.9. The SMILES string of the molecule is COc1ccc(Br)cc1-c1ccc(NCCC#N)nn1. The molecular formula is C14H13BrN4O.